The highest BCUT2D eigenvalue weighted by Gasteiger charge is 2.30. The number of nitrogens with one attached hydrogen (secondary N) is 2. The maximum atomic E-state index is 11.9. The average molecular weight is 244 g/mol. The van der Waals surface area contributed by atoms with Crippen molar-refractivity contribution >= 4 is 5.91 Å². The fraction of sp³-hybridized carbons (Fsp3) is 0.917. The summed E-state index contributed by atoms with van der Waals surface area (Å²) in [6, 6.07) is 0. The van der Waals surface area contributed by atoms with Crippen molar-refractivity contribution in [2.75, 3.05) is 33.4 Å². The lowest BCUT2D eigenvalue weighted by Crippen LogP contribution is -2.44. The first-order valence-electron chi connectivity index (χ1n) is 6.16. The highest BCUT2D eigenvalue weighted by atomic mass is 16.5. The zero-order valence-electron chi connectivity index (χ0n) is 11.0. The highest BCUT2D eigenvalue weighted by Crippen LogP contribution is 2.16. The molecule has 0 aromatic heterocycles. The van der Waals surface area contributed by atoms with Crippen LogP contribution in [-0.2, 0) is 9.53 Å². The summed E-state index contributed by atoms with van der Waals surface area (Å²) in [4.78, 5) is 11.9. The Bertz CT molecular complexity index is 256. The van der Waals surface area contributed by atoms with Gasteiger partial charge in [-0.25, -0.2) is 0 Å². The van der Waals surface area contributed by atoms with Crippen molar-refractivity contribution in [3.05, 3.63) is 0 Å². The minimum atomic E-state index is -0.902. The number of hydrogen-bond donors (Lipinski definition) is 3. The number of hydrogen-bond acceptors (Lipinski definition) is 4. The smallest absolute Gasteiger partial charge is 0.224 e. The van der Waals surface area contributed by atoms with Crippen LogP contribution in [-0.4, -0.2) is 50.0 Å². The van der Waals surface area contributed by atoms with E-state index in [9.17, 15) is 9.90 Å². The summed E-state index contributed by atoms with van der Waals surface area (Å²) >= 11 is 0. The first-order chi connectivity index (χ1) is 7.96. The topological polar surface area (TPSA) is 70.6 Å². The summed E-state index contributed by atoms with van der Waals surface area (Å²) in [5.41, 5.74) is -0.902. The van der Waals surface area contributed by atoms with Crippen LogP contribution in [0.25, 0.3) is 0 Å². The molecule has 3 N–H and O–H groups in total. The third-order valence-corrected chi connectivity index (χ3v) is 3.34. The van der Waals surface area contributed by atoms with Gasteiger partial charge in [0.05, 0.1) is 11.5 Å². The molecule has 5 heteroatoms. The fourth-order valence-electron chi connectivity index (χ4n) is 1.98. The Morgan fingerprint density at radius 2 is 2.29 bits per heavy atom. The molecule has 0 radical (unpaired) electrons. The molecule has 0 aromatic rings. The molecule has 1 aliphatic heterocycles. The molecule has 1 saturated heterocycles. The molecule has 1 fully saturated rings. The normalized spacial score (nSPS) is 27.8. The van der Waals surface area contributed by atoms with E-state index in [-0.39, 0.29) is 18.4 Å². The molecule has 0 spiro atoms. The summed E-state index contributed by atoms with van der Waals surface area (Å²) in [5.74, 6) is 0.410. The molecule has 17 heavy (non-hydrogen) atoms. The van der Waals surface area contributed by atoms with E-state index in [2.05, 4.69) is 17.6 Å². The lowest BCUT2D eigenvalue weighted by atomic mass is 9.96. The predicted molar refractivity (Wildman–Crippen MR) is 65.7 cm³/mol. The second kappa shape index (κ2) is 6.33. The highest BCUT2D eigenvalue weighted by molar-refractivity contribution is 5.79. The van der Waals surface area contributed by atoms with Crippen molar-refractivity contribution in [1.29, 1.82) is 0 Å². The molecule has 3 unspecified atom stereocenters. The lowest BCUT2D eigenvalue weighted by molar-refractivity contribution is -0.126. The van der Waals surface area contributed by atoms with E-state index in [0.29, 0.717) is 18.9 Å². The number of carbonyl (C=O) groups excluding carboxylic acids is 1. The molecule has 1 amide bonds. The number of ether oxygens (including phenoxy) is 1. The van der Waals surface area contributed by atoms with Crippen LogP contribution >= 0.6 is 0 Å². The molecular formula is C12H24N2O3. The Hall–Kier alpha value is -0.650. The third-order valence-electron chi connectivity index (χ3n) is 3.34. The van der Waals surface area contributed by atoms with Crippen LogP contribution < -0.4 is 10.6 Å². The van der Waals surface area contributed by atoms with Crippen LogP contribution in [0.15, 0.2) is 0 Å². The number of carbonyl (C=O) groups is 1. The summed E-state index contributed by atoms with van der Waals surface area (Å²) in [5, 5.41) is 16.0. The van der Waals surface area contributed by atoms with Crippen molar-refractivity contribution in [2.45, 2.75) is 25.9 Å². The van der Waals surface area contributed by atoms with Crippen molar-refractivity contribution in [3.8, 4) is 0 Å². The second-order valence-electron chi connectivity index (χ2n) is 5.20. The van der Waals surface area contributed by atoms with Gasteiger partial charge in [0.15, 0.2) is 0 Å². The van der Waals surface area contributed by atoms with Gasteiger partial charge >= 0.3 is 0 Å². The first-order valence-corrected chi connectivity index (χ1v) is 6.16. The quantitative estimate of drug-likeness (QED) is 0.602. The molecule has 0 aliphatic carbocycles. The van der Waals surface area contributed by atoms with Crippen LogP contribution in [0.3, 0.4) is 0 Å². The molecule has 1 rings (SSSR count). The SMILES string of the molecule is COCCC(C)(O)CNC(=O)C1CNCC1C. The Balaban J connectivity index is 2.31. The van der Waals surface area contributed by atoms with Crippen LogP contribution in [0.1, 0.15) is 20.3 Å². The van der Waals surface area contributed by atoms with E-state index in [4.69, 9.17) is 4.74 Å². The lowest BCUT2D eigenvalue weighted by Gasteiger charge is -2.24. The van der Waals surface area contributed by atoms with E-state index in [1.165, 1.54) is 0 Å². The molecule has 5 nitrogen and oxygen atoms in total. The van der Waals surface area contributed by atoms with Gasteiger partial charge in [-0.05, 0) is 19.4 Å². The number of rotatable bonds is 6. The Kier molecular flexibility index (Phi) is 5.36. The summed E-state index contributed by atoms with van der Waals surface area (Å²) in [6.07, 6.45) is 0.516. The molecule has 3 atom stereocenters. The van der Waals surface area contributed by atoms with E-state index < -0.39 is 5.60 Å². The number of aliphatic hydroxyl groups is 1. The Morgan fingerprint density at radius 1 is 1.59 bits per heavy atom. The van der Waals surface area contributed by atoms with Gasteiger partial charge in [0.25, 0.3) is 0 Å². The van der Waals surface area contributed by atoms with Gasteiger partial charge in [0.2, 0.25) is 5.91 Å². The molecule has 1 aliphatic rings. The van der Waals surface area contributed by atoms with E-state index in [1.807, 2.05) is 0 Å². The second-order valence-corrected chi connectivity index (χ2v) is 5.20. The van der Waals surface area contributed by atoms with E-state index in [1.54, 1.807) is 14.0 Å². The largest absolute Gasteiger partial charge is 0.388 e. The predicted octanol–water partition coefficient (Wildman–Crippen LogP) is -0.254. The van der Waals surface area contributed by atoms with Crippen molar-refractivity contribution in [2.24, 2.45) is 11.8 Å². The van der Waals surface area contributed by atoms with Gasteiger partial charge < -0.3 is 20.5 Å². The molecule has 0 saturated carbocycles. The van der Waals surface area contributed by atoms with Gasteiger partial charge in [0, 0.05) is 33.2 Å². The third kappa shape index (κ3) is 4.61. The molecule has 100 valence electrons. The fourth-order valence-corrected chi connectivity index (χ4v) is 1.98. The number of methoxy groups -OCH3 is 1. The van der Waals surface area contributed by atoms with Crippen LogP contribution in [0, 0.1) is 11.8 Å². The van der Waals surface area contributed by atoms with Crippen LogP contribution in [0.2, 0.25) is 0 Å². The zero-order chi connectivity index (χ0) is 12.9. The van der Waals surface area contributed by atoms with Crippen molar-refractivity contribution in [1.82, 2.24) is 10.6 Å². The maximum absolute atomic E-state index is 11.9. The van der Waals surface area contributed by atoms with E-state index >= 15 is 0 Å². The number of amides is 1. The first kappa shape index (κ1) is 14.4. The Labute approximate surface area is 103 Å². The summed E-state index contributed by atoms with van der Waals surface area (Å²) < 4.78 is 4.92. The maximum Gasteiger partial charge on any atom is 0.224 e. The minimum Gasteiger partial charge on any atom is -0.388 e. The Morgan fingerprint density at radius 3 is 2.82 bits per heavy atom. The molecular weight excluding hydrogens is 220 g/mol. The van der Waals surface area contributed by atoms with Gasteiger partial charge in [-0.15, -0.1) is 0 Å². The van der Waals surface area contributed by atoms with Gasteiger partial charge in [0.1, 0.15) is 0 Å². The molecule has 1 heterocycles. The van der Waals surface area contributed by atoms with Crippen molar-refractivity contribution < 1.29 is 14.6 Å². The van der Waals surface area contributed by atoms with Gasteiger partial charge in [-0.3, -0.25) is 4.79 Å². The summed E-state index contributed by atoms with van der Waals surface area (Å²) in [6.45, 7) is 6.16. The molecule has 0 bridgehead atoms. The summed E-state index contributed by atoms with van der Waals surface area (Å²) in [7, 11) is 1.60. The molecule has 0 aromatic carbocycles. The van der Waals surface area contributed by atoms with E-state index in [0.717, 1.165) is 13.1 Å². The zero-order valence-corrected chi connectivity index (χ0v) is 11.0. The average Bonchev–Trinajstić information content (AvgIpc) is 2.70. The minimum absolute atomic E-state index is 0.0215. The monoisotopic (exact) mass is 244 g/mol. The van der Waals surface area contributed by atoms with Gasteiger partial charge in [-0.2, -0.15) is 0 Å². The van der Waals surface area contributed by atoms with Crippen molar-refractivity contribution in [3.63, 3.8) is 0 Å². The van der Waals surface area contributed by atoms with Crippen LogP contribution in [0.5, 0.6) is 0 Å². The van der Waals surface area contributed by atoms with Gasteiger partial charge in [-0.1, -0.05) is 6.92 Å². The standard InChI is InChI=1S/C12H24N2O3/c1-9-6-13-7-10(9)11(15)14-8-12(2,16)4-5-17-3/h9-10,13,16H,4-8H2,1-3H3,(H,14,15). The van der Waals surface area contributed by atoms with Crippen LogP contribution in [0.4, 0.5) is 0 Å².